The molecular formula is C16H21N3O2. The number of para-hydroxylation sites is 2. The van der Waals surface area contributed by atoms with E-state index in [2.05, 4.69) is 20.9 Å². The summed E-state index contributed by atoms with van der Waals surface area (Å²) < 4.78 is 5.84. The predicted molar refractivity (Wildman–Crippen MR) is 79.9 cm³/mol. The van der Waals surface area contributed by atoms with E-state index in [0.29, 0.717) is 6.61 Å². The minimum Gasteiger partial charge on any atom is -0.391 e. The maximum atomic E-state index is 9.67. The molecule has 2 aromatic rings. The number of imidazole rings is 1. The van der Waals surface area contributed by atoms with Gasteiger partial charge < -0.3 is 14.8 Å². The zero-order chi connectivity index (χ0) is 14.3. The molecule has 2 aliphatic rings. The number of ether oxygens (including phenoxy) is 1. The zero-order valence-corrected chi connectivity index (χ0v) is 12.1. The molecule has 1 aromatic carbocycles. The molecule has 1 atom stereocenters. The van der Waals surface area contributed by atoms with Crippen LogP contribution in [0.3, 0.4) is 0 Å². The topological polar surface area (TPSA) is 61.4 Å². The molecule has 0 aliphatic carbocycles. The van der Waals surface area contributed by atoms with E-state index in [-0.39, 0.29) is 11.7 Å². The van der Waals surface area contributed by atoms with Gasteiger partial charge in [-0.05, 0) is 25.0 Å². The fourth-order valence-corrected chi connectivity index (χ4v) is 3.58. The highest BCUT2D eigenvalue weighted by atomic mass is 16.5. The highest BCUT2D eigenvalue weighted by Gasteiger charge is 2.42. The Morgan fingerprint density at radius 1 is 1.33 bits per heavy atom. The number of likely N-dealkylation sites (tertiary alicyclic amines) is 1. The van der Waals surface area contributed by atoms with E-state index in [1.165, 1.54) is 0 Å². The van der Waals surface area contributed by atoms with Crippen molar-refractivity contribution in [3.63, 3.8) is 0 Å². The van der Waals surface area contributed by atoms with Gasteiger partial charge in [0.2, 0.25) is 0 Å². The quantitative estimate of drug-likeness (QED) is 0.882. The Labute approximate surface area is 123 Å². The molecule has 0 bridgehead atoms. The van der Waals surface area contributed by atoms with Gasteiger partial charge in [0.15, 0.2) is 0 Å². The van der Waals surface area contributed by atoms with E-state index >= 15 is 0 Å². The Hall–Kier alpha value is -1.43. The second-order valence-electron chi connectivity index (χ2n) is 6.33. The van der Waals surface area contributed by atoms with E-state index in [1.54, 1.807) is 0 Å². The van der Waals surface area contributed by atoms with E-state index in [0.717, 1.165) is 55.8 Å². The van der Waals surface area contributed by atoms with Crippen LogP contribution in [0, 0.1) is 0 Å². The number of fused-ring (bicyclic) bond motifs is 1. The largest absolute Gasteiger partial charge is 0.391 e. The molecule has 0 amide bonds. The van der Waals surface area contributed by atoms with Crippen molar-refractivity contribution in [2.45, 2.75) is 37.5 Å². The lowest BCUT2D eigenvalue weighted by Crippen LogP contribution is -2.44. The van der Waals surface area contributed by atoms with Crippen LogP contribution in [-0.2, 0) is 11.3 Å². The van der Waals surface area contributed by atoms with Crippen LogP contribution >= 0.6 is 0 Å². The first-order valence-corrected chi connectivity index (χ1v) is 7.70. The summed E-state index contributed by atoms with van der Waals surface area (Å²) in [6.45, 7) is 3.37. The smallest absolute Gasteiger partial charge is 0.121 e. The van der Waals surface area contributed by atoms with Crippen molar-refractivity contribution in [3.05, 3.63) is 30.1 Å². The molecule has 4 rings (SSSR count). The third-order valence-electron chi connectivity index (χ3n) is 4.77. The molecule has 21 heavy (non-hydrogen) atoms. The molecule has 5 heteroatoms. The number of piperidine rings is 1. The molecule has 3 heterocycles. The average molecular weight is 287 g/mol. The van der Waals surface area contributed by atoms with Gasteiger partial charge in [0.1, 0.15) is 5.82 Å². The summed E-state index contributed by atoms with van der Waals surface area (Å²) >= 11 is 0. The lowest BCUT2D eigenvalue weighted by atomic mass is 9.88. The molecule has 5 nitrogen and oxygen atoms in total. The Kier molecular flexibility index (Phi) is 3.21. The number of rotatable bonds is 2. The predicted octanol–water partition coefficient (Wildman–Crippen LogP) is 1.68. The minimum atomic E-state index is -0.271. The monoisotopic (exact) mass is 287 g/mol. The first-order valence-electron chi connectivity index (χ1n) is 7.70. The van der Waals surface area contributed by atoms with Gasteiger partial charge in [0.05, 0.1) is 35.9 Å². The normalized spacial score (nSPS) is 25.9. The summed E-state index contributed by atoms with van der Waals surface area (Å²) in [7, 11) is 0. The number of H-pyrrole nitrogens is 1. The molecule has 1 aromatic heterocycles. The summed E-state index contributed by atoms with van der Waals surface area (Å²) in [5, 5.41) is 9.67. The van der Waals surface area contributed by atoms with Crippen LogP contribution < -0.4 is 0 Å². The number of hydrogen-bond acceptors (Lipinski definition) is 4. The Morgan fingerprint density at radius 3 is 2.86 bits per heavy atom. The Balaban J connectivity index is 1.40. The first kappa shape index (κ1) is 13.2. The summed E-state index contributed by atoms with van der Waals surface area (Å²) in [4.78, 5) is 10.4. The highest BCUT2D eigenvalue weighted by Crippen LogP contribution is 2.36. The van der Waals surface area contributed by atoms with Gasteiger partial charge in [0, 0.05) is 19.5 Å². The van der Waals surface area contributed by atoms with Crippen molar-refractivity contribution in [1.29, 1.82) is 0 Å². The van der Waals surface area contributed by atoms with Crippen molar-refractivity contribution >= 4 is 11.0 Å². The number of nitrogens with zero attached hydrogens (tertiary/aromatic N) is 2. The summed E-state index contributed by atoms with van der Waals surface area (Å²) in [6, 6.07) is 8.14. The minimum absolute atomic E-state index is 0.0657. The molecule has 2 aliphatic heterocycles. The van der Waals surface area contributed by atoms with E-state index in [4.69, 9.17) is 4.74 Å². The van der Waals surface area contributed by atoms with Gasteiger partial charge in [-0.25, -0.2) is 4.98 Å². The van der Waals surface area contributed by atoms with Gasteiger partial charge in [-0.3, -0.25) is 4.90 Å². The van der Waals surface area contributed by atoms with Crippen molar-refractivity contribution in [3.8, 4) is 0 Å². The lowest BCUT2D eigenvalue weighted by molar-refractivity contribution is -0.0459. The van der Waals surface area contributed by atoms with Crippen LogP contribution in [-0.4, -0.2) is 51.4 Å². The molecule has 112 valence electrons. The van der Waals surface area contributed by atoms with E-state index < -0.39 is 0 Å². The van der Waals surface area contributed by atoms with Gasteiger partial charge in [-0.2, -0.15) is 0 Å². The molecule has 2 saturated heterocycles. The second-order valence-corrected chi connectivity index (χ2v) is 6.33. The van der Waals surface area contributed by atoms with Crippen LogP contribution in [0.4, 0.5) is 0 Å². The molecule has 1 unspecified atom stereocenters. The Bertz CT molecular complexity index is 598. The van der Waals surface area contributed by atoms with E-state index in [9.17, 15) is 5.11 Å². The van der Waals surface area contributed by atoms with Crippen LogP contribution in [0.15, 0.2) is 24.3 Å². The molecule has 2 fully saturated rings. The third-order valence-corrected chi connectivity index (χ3v) is 4.77. The molecule has 0 saturated carbocycles. The molecular weight excluding hydrogens is 266 g/mol. The van der Waals surface area contributed by atoms with Crippen LogP contribution in [0.1, 0.15) is 25.1 Å². The third kappa shape index (κ3) is 2.57. The average Bonchev–Trinajstić information content (AvgIpc) is 3.05. The summed E-state index contributed by atoms with van der Waals surface area (Å²) in [5.74, 6) is 1.03. The zero-order valence-electron chi connectivity index (χ0n) is 12.1. The van der Waals surface area contributed by atoms with Gasteiger partial charge in [-0.1, -0.05) is 12.1 Å². The van der Waals surface area contributed by atoms with Gasteiger partial charge in [0.25, 0.3) is 0 Å². The lowest BCUT2D eigenvalue weighted by Gasteiger charge is -2.38. The second kappa shape index (κ2) is 5.09. The number of aromatic amines is 1. The molecule has 2 N–H and O–H groups in total. The van der Waals surface area contributed by atoms with Crippen molar-refractivity contribution in [2.24, 2.45) is 0 Å². The van der Waals surface area contributed by atoms with E-state index in [1.807, 2.05) is 18.2 Å². The maximum absolute atomic E-state index is 9.67. The van der Waals surface area contributed by atoms with Crippen LogP contribution in [0.2, 0.25) is 0 Å². The van der Waals surface area contributed by atoms with Crippen molar-refractivity contribution in [1.82, 2.24) is 14.9 Å². The SMILES string of the molecule is OC1COC2(CCN(Cc3nc4ccccc4[nH]3)CC2)C1. The van der Waals surface area contributed by atoms with Crippen molar-refractivity contribution < 1.29 is 9.84 Å². The number of benzene rings is 1. The number of aliphatic hydroxyl groups excluding tert-OH is 1. The maximum Gasteiger partial charge on any atom is 0.121 e. The number of aliphatic hydroxyl groups is 1. The molecule has 0 radical (unpaired) electrons. The van der Waals surface area contributed by atoms with Gasteiger partial charge in [-0.15, -0.1) is 0 Å². The number of hydrogen-bond donors (Lipinski definition) is 2. The summed E-state index contributed by atoms with van der Waals surface area (Å²) in [6.07, 6.45) is 2.53. The van der Waals surface area contributed by atoms with Crippen LogP contribution in [0.25, 0.3) is 11.0 Å². The summed E-state index contributed by atoms with van der Waals surface area (Å²) in [5.41, 5.74) is 2.07. The first-order chi connectivity index (χ1) is 10.2. The fourth-order valence-electron chi connectivity index (χ4n) is 3.58. The molecule has 1 spiro atoms. The Morgan fingerprint density at radius 2 is 2.14 bits per heavy atom. The fraction of sp³-hybridized carbons (Fsp3) is 0.562. The number of nitrogens with one attached hydrogen (secondary N) is 1. The highest BCUT2D eigenvalue weighted by molar-refractivity contribution is 5.74. The number of aromatic nitrogens is 2. The van der Waals surface area contributed by atoms with Gasteiger partial charge >= 0.3 is 0 Å². The van der Waals surface area contributed by atoms with Crippen LogP contribution in [0.5, 0.6) is 0 Å². The standard InChI is InChI=1S/C16H21N3O2/c20-12-9-16(21-11-12)5-7-19(8-6-16)10-15-17-13-3-1-2-4-14(13)18-15/h1-4,12,20H,5-11H2,(H,17,18). The van der Waals surface area contributed by atoms with Crippen molar-refractivity contribution in [2.75, 3.05) is 19.7 Å².